The number of ether oxygens (including phenoxy) is 1. The van der Waals surface area contributed by atoms with E-state index in [-0.39, 0.29) is 11.4 Å². The molecule has 3 nitrogen and oxygen atoms in total. The monoisotopic (exact) mass is 225 g/mol. The van der Waals surface area contributed by atoms with Crippen molar-refractivity contribution in [3.05, 3.63) is 0 Å². The van der Waals surface area contributed by atoms with Crippen LogP contribution in [-0.2, 0) is 9.53 Å². The Morgan fingerprint density at radius 3 is 2.12 bits per heavy atom. The van der Waals surface area contributed by atoms with Crippen LogP contribution in [-0.4, -0.2) is 12.6 Å². The van der Waals surface area contributed by atoms with Crippen molar-refractivity contribution in [2.24, 2.45) is 11.3 Å². The number of carbonyl (C=O) groups is 1. The van der Waals surface area contributed by atoms with E-state index < -0.39 is 5.92 Å². The summed E-state index contributed by atoms with van der Waals surface area (Å²) in [5.74, 6) is -0.998. The predicted molar refractivity (Wildman–Crippen MR) is 63.7 cm³/mol. The van der Waals surface area contributed by atoms with E-state index in [4.69, 9.17) is 10.00 Å². The molecule has 0 bridgehead atoms. The van der Waals surface area contributed by atoms with Crippen LogP contribution in [0, 0.1) is 22.7 Å². The molecule has 16 heavy (non-hydrogen) atoms. The smallest absolute Gasteiger partial charge is 0.323 e. The van der Waals surface area contributed by atoms with Crippen LogP contribution in [0.2, 0.25) is 0 Å². The molecule has 0 spiro atoms. The number of hydrogen-bond acceptors (Lipinski definition) is 3. The summed E-state index contributed by atoms with van der Waals surface area (Å²) in [6, 6.07) is 2.12. The van der Waals surface area contributed by atoms with Gasteiger partial charge in [-0.1, -0.05) is 33.6 Å². The van der Waals surface area contributed by atoms with Gasteiger partial charge in [-0.3, -0.25) is 4.79 Å². The van der Waals surface area contributed by atoms with Crippen molar-refractivity contribution in [2.45, 2.75) is 53.4 Å². The molecule has 0 N–H and O–H groups in total. The molecule has 0 amide bonds. The molecule has 0 fully saturated rings. The Labute approximate surface area is 98.8 Å². The largest absolute Gasteiger partial charge is 0.465 e. The minimum Gasteiger partial charge on any atom is -0.465 e. The topological polar surface area (TPSA) is 50.1 Å². The molecule has 92 valence electrons. The van der Waals surface area contributed by atoms with Crippen molar-refractivity contribution in [1.29, 1.82) is 5.26 Å². The molecular formula is C13H23NO2. The van der Waals surface area contributed by atoms with Crippen LogP contribution >= 0.6 is 0 Å². The lowest BCUT2D eigenvalue weighted by Crippen LogP contribution is -2.33. The van der Waals surface area contributed by atoms with Crippen LogP contribution in [0.15, 0.2) is 0 Å². The quantitative estimate of drug-likeness (QED) is 0.625. The third kappa shape index (κ3) is 3.84. The average molecular weight is 225 g/mol. The fourth-order valence-corrected chi connectivity index (χ4v) is 2.27. The van der Waals surface area contributed by atoms with Gasteiger partial charge in [0, 0.05) is 0 Å². The molecule has 0 aliphatic rings. The zero-order chi connectivity index (χ0) is 12.6. The minimum absolute atomic E-state index is 0.246. The lowest BCUT2D eigenvalue weighted by Gasteiger charge is -2.32. The first-order valence-electron chi connectivity index (χ1n) is 6.11. The van der Waals surface area contributed by atoms with Crippen LogP contribution in [0.3, 0.4) is 0 Å². The van der Waals surface area contributed by atoms with Crippen molar-refractivity contribution >= 4 is 5.97 Å². The van der Waals surface area contributed by atoms with Crippen LogP contribution in [0.4, 0.5) is 0 Å². The second kappa shape index (κ2) is 7.27. The second-order valence-electron chi connectivity index (χ2n) is 4.47. The third-order valence-electron chi connectivity index (χ3n) is 2.99. The zero-order valence-corrected chi connectivity index (χ0v) is 10.9. The highest BCUT2D eigenvalue weighted by Crippen LogP contribution is 2.37. The number of nitriles is 1. The summed E-state index contributed by atoms with van der Waals surface area (Å²) < 4.78 is 4.97. The summed E-state index contributed by atoms with van der Waals surface area (Å²) in [5.41, 5.74) is -0.246. The number of carbonyl (C=O) groups excluding carboxylic acids is 1. The van der Waals surface area contributed by atoms with Crippen LogP contribution in [0.5, 0.6) is 0 Å². The van der Waals surface area contributed by atoms with Gasteiger partial charge in [0.05, 0.1) is 12.7 Å². The maximum atomic E-state index is 11.7. The van der Waals surface area contributed by atoms with Gasteiger partial charge in [0.25, 0.3) is 0 Å². The van der Waals surface area contributed by atoms with Crippen molar-refractivity contribution in [1.82, 2.24) is 0 Å². The molecule has 0 saturated heterocycles. The maximum absolute atomic E-state index is 11.7. The van der Waals surface area contributed by atoms with E-state index in [1.54, 1.807) is 6.92 Å². The fourth-order valence-electron chi connectivity index (χ4n) is 2.27. The van der Waals surface area contributed by atoms with Gasteiger partial charge in [-0.25, -0.2) is 0 Å². The Bertz CT molecular complexity index is 249. The normalized spacial score (nSPS) is 12.9. The van der Waals surface area contributed by atoms with Crippen molar-refractivity contribution in [3.8, 4) is 6.07 Å². The molecular weight excluding hydrogens is 202 g/mol. The van der Waals surface area contributed by atoms with E-state index in [2.05, 4.69) is 19.9 Å². The summed E-state index contributed by atoms with van der Waals surface area (Å²) in [4.78, 5) is 11.7. The predicted octanol–water partition coefficient (Wildman–Crippen LogP) is 3.30. The number of esters is 1. The Kier molecular flexibility index (Phi) is 6.80. The molecule has 0 aliphatic carbocycles. The molecule has 0 heterocycles. The Balaban J connectivity index is 4.85. The van der Waals surface area contributed by atoms with E-state index in [0.717, 1.165) is 25.7 Å². The number of hydrogen-bond donors (Lipinski definition) is 0. The van der Waals surface area contributed by atoms with Gasteiger partial charge in [0.15, 0.2) is 0 Å². The van der Waals surface area contributed by atoms with Gasteiger partial charge >= 0.3 is 5.97 Å². The zero-order valence-electron chi connectivity index (χ0n) is 10.9. The summed E-state index contributed by atoms with van der Waals surface area (Å²) >= 11 is 0. The van der Waals surface area contributed by atoms with Gasteiger partial charge in [0.2, 0.25) is 0 Å². The van der Waals surface area contributed by atoms with E-state index in [9.17, 15) is 4.79 Å². The number of nitrogens with zero attached hydrogens (tertiary/aromatic N) is 1. The molecule has 0 aromatic carbocycles. The first-order valence-corrected chi connectivity index (χ1v) is 6.11. The molecule has 1 atom stereocenters. The SMILES string of the molecule is CCCC(C)(CCC)C(C#N)C(=O)OCC. The molecule has 0 aromatic heterocycles. The molecule has 0 aliphatic heterocycles. The van der Waals surface area contributed by atoms with Gasteiger partial charge < -0.3 is 4.74 Å². The van der Waals surface area contributed by atoms with Crippen LogP contribution < -0.4 is 0 Å². The Hall–Kier alpha value is -1.04. The van der Waals surface area contributed by atoms with Crippen LogP contribution in [0.25, 0.3) is 0 Å². The summed E-state index contributed by atoms with van der Waals surface area (Å²) in [7, 11) is 0. The van der Waals surface area contributed by atoms with Gasteiger partial charge in [0.1, 0.15) is 5.92 Å². The van der Waals surface area contributed by atoms with Gasteiger partial charge in [-0.05, 0) is 25.2 Å². The second-order valence-corrected chi connectivity index (χ2v) is 4.47. The lowest BCUT2D eigenvalue weighted by molar-refractivity contribution is -0.150. The van der Waals surface area contributed by atoms with E-state index >= 15 is 0 Å². The Morgan fingerprint density at radius 1 is 1.31 bits per heavy atom. The molecule has 3 heteroatoms. The third-order valence-corrected chi connectivity index (χ3v) is 2.99. The van der Waals surface area contributed by atoms with Gasteiger partial charge in [-0.2, -0.15) is 5.26 Å². The van der Waals surface area contributed by atoms with E-state index in [0.29, 0.717) is 6.61 Å². The van der Waals surface area contributed by atoms with Gasteiger partial charge in [-0.15, -0.1) is 0 Å². The minimum atomic E-state index is -0.632. The summed E-state index contributed by atoms with van der Waals surface area (Å²) in [6.45, 7) is 8.28. The first-order chi connectivity index (χ1) is 7.55. The average Bonchev–Trinajstić information content (AvgIpc) is 2.19. The first kappa shape index (κ1) is 15.0. The Morgan fingerprint density at radius 2 is 1.81 bits per heavy atom. The molecule has 1 unspecified atom stereocenters. The molecule has 0 radical (unpaired) electrons. The summed E-state index contributed by atoms with van der Waals surface area (Å²) in [5, 5.41) is 9.16. The highest BCUT2D eigenvalue weighted by atomic mass is 16.5. The van der Waals surface area contributed by atoms with E-state index in [1.807, 2.05) is 6.92 Å². The fraction of sp³-hybridized carbons (Fsp3) is 0.846. The van der Waals surface area contributed by atoms with E-state index in [1.165, 1.54) is 0 Å². The van der Waals surface area contributed by atoms with Crippen molar-refractivity contribution in [3.63, 3.8) is 0 Å². The van der Waals surface area contributed by atoms with Crippen molar-refractivity contribution < 1.29 is 9.53 Å². The number of rotatable bonds is 7. The molecule has 0 aromatic rings. The standard InChI is InChI=1S/C13H23NO2/c1-5-8-13(4,9-6-2)11(10-14)12(15)16-7-3/h11H,5-9H2,1-4H3. The lowest BCUT2D eigenvalue weighted by atomic mass is 9.71. The highest BCUT2D eigenvalue weighted by molar-refractivity contribution is 5.76. The molecule has 0 rings (SSSR count). The maximum Gasteiger partial charge on any atom is 0.323 e. The van der Waals surface area contributed by atoms with Crippen LogP contribution in [0.1, 0.15) is 53.4 Å². The highest BCUT2D eigenvalue weighted by Gasteiger charge is 2.38. The summed E-state index contributed by atoms with van der Waals surface area (Å²) in [6.07, 6.45) is 3.73. The molecule has 0 saturated carbocycles. The van der Waals surface area contributed by atoms with Crippen molar-refractivity contribution in [2.75, 3.05) is 6.61 Å².